The minimum Gasteiger partial charge on any atom is -0.489 e. The van der Waals surface area contributed by atoms with Gasteiger partial charge in [0.15, 0.2) is 17.6 Å². The van der Waals surface area contributed by atoms with Gasteiger partial charge in [-0.15, -0.1) is 0 Å². The molecule has 2 N–H and O–H groups in total. The molecule has 0 saturated carbocycles. The number of alkyl halides is 3. The number of halogens is 3. The summed E-state index contributed by atoms with van der Waals surface area (Å²) in [7, 11) is 0. The summed E-state index contributed by atoms with van der Waals surface area (Å²) < 4.78 is 48.0. The highest BCUT2D eigenvalue weighted by Gasteiger charge is 2.38. The number of H-pyrrole nitrogens is 1. The smallest absolute Gasteiger partial charge is 0.414 e. The Labute approximate surface area is 117 Å². The highest BCUT2D eigenvalue weighted by molar-refractivity contribution is 5.79. The fourth-order valence-corrected chi connectivity index (χ4v) is 2.11. The molecule has 0 radical (unpaired) electrons. The summed E-state index contributed by atoms with van der Waals surface area (Å²) in [6, 6.07) is 3.27. The van der Waals surface area contributed by atoms with E-state index in [1.165, 1.54) is 0 Å². The Hall–Kier alpha value is -1.96. The Morgan fingerprint density at radius 2 is 1.90 bits per heavy atom. The van der Waals surface area contributed by atoms with E-state index in [1.807, 2.05) is 0 Å². The van der Waals surface area contributed by atoms with Gasteiger partial charge in [0.05, 0.1) is 24.2 Å². The second kappa shape index (κ2) is 5.10. The number of hydrogen-bond acceptors (Lipinski definition) is 4. The van der Waals surface area contributed by atoms with Gasteiger partial charge in [0.1, 0.15) is 5.82 Å². The third-order valence-electron chi connectivity index (χ3n) is 3.16. The minimum atomic E-state index is -4.66. The minimum absolute atomic E-state index is 0.0648. The van der Waals surface area contributed by atoms with Crippen molar-refractivity contribution in [2.45, 2.75) is 25.1 Å². The van der Waals surface area contributed by atoms with Gasteiger partial charge in [-0.2, -0.15) is 13.2 Å². The molecule has 0 bridgehead atoms. The molecule has 0 spiro atoms. The van der Waals surface area contributed by atoms with E-state index in [2.05, 4.69) is 9.97 Å². The van der Waals surface area contributed by atoms with Crippen LogP contribution >= 0.6 is 0 Å². The Morgan fingerprint density at radius 3 is 2.57 bits per heavy atom. The number of ether oxygens (including phenoxy) is 2. The molecule has 2 heterocycles. The molecule has 8 heteroatoms. The summed E-state index contributed by atoms with van der Waals surface area (Å²) in [6.07, 6.45) is -6.96. The third kappa shape index (κ3) is 2.90. The molecular weight excluding hydrogens is 289 g/mol. The zero-order chi connectivity index (χ0) is 15.0. The van der Waals surface area contributed by atoms with E-state index >= 15 is 0 Å². The molecule has 5 nitrogen and oxygen atoms in total. The quantitative estimate of drug-likeness (QED) is 0.892. The average molecular weight is 302 g/mol. The van der Waals surface area contributed by atoms with Crippen LogP contribution in [0, 0.1) is 0 Å². The highest BCUT2D eigenvalue weighted by atomic mass is 19.4. The van der Waals surface area contributed by atoms with Crippen molar-refractivity contribution >= 4 is 11.0 Å². The molecule has 1 aromatic carbocycles. The first-order valence-electron chi connectivity index (χ1n) is 6.46. The van der Waals surface area contributed by atoms with Crippen LogP contribution in [0.1, 0.15) is 12.2 Å². The van der Waals surface area contributed by atoms with Crippen molar-refractivity contribution in [2.75, 3.05) is 13.2 Å². The van der Waals surface area contributed by atoms with E-state index in [9.17, 15) is 13.2 Å². The van der Waals surface area contributed by atoms with Gasteiger partial charge in [0.2, 0.25) is 0 Å². The molecule has 1 unspecified atom stereocenters. The fraction of sp³-hybridized carbons (Fsp3) is 0.462. The summed E-state index contributed by atoms with van der Waals surface area (Å²) in [5.41, 5.74) is 1.02. The highest BCUT2D eigenvalue weighted by Crippen LogP contribution is 2.33. The molecule has 114 valence electrons. The lowest BCUT2D eigenvalue weighted by molar-refractivity contribution is -0.203. The van der Waals surface area contributed by atoms with Crippen LogP contribution in [0.4, 0.5) is 13.2 Å². The number of hydrogen-bond donors (Lipinski definition) is 2. The lowest BCUT2D eigenvalue weighted by Gasteiger charge is -2.12. The largest absolute Gasteiger partial charge is 0.489 e. The number of benzene rings is 1. The van der Waals surface area contributed by atoms with Crippen molar-refractivity contribution in [3.8, 4) is 11.5 Å². The van der Waals surface area contributed by atoms with Crippen LogP contribution in [0.25, 0.3) is 11.0 Å². The standard InChI is InChI=1S/C13H13F3N2O3/c14-13(15,16)11(19)6-12-17-7-4-9-10(5-8(7)18-12)21-3-1-2-20-9/h4-5,11,19H,1-3,6H2,(H,17,18). The van der Waals surface area contributed by atoms with Crippen LogP contribution in [-0.4, -0.2) is 40.6 Å². The van der Waals surface area contributed by atoms with Crippen molar-refractivity contribution in [3.63, 3.8) is 0 Å². The summed E-state index contributed by atoms with van der Waals surface area (Å²) in [6.45, 7) is 1.04. The van der Waals surface area contributed by atoms with Crippen LogP contribution in [0.15, 0.2) is 12.1 Å². The van der Waals surface area contributed by atoms with Crippen LogP contribution in [0.5, 0.6) is 11.5 Å². The predicted molar refractivity (Wildman–Crippen MR) is 67.5 cm³/mol. The van der Waals surface area contributed by atoms with Crippen LogP contribution < -0.4 is 9.47 Å². The van der Waals surface area contributed by atoms with E-state index < -0.39 is 18.7 Å². The summed E-state index contributed by atoms with van der Waals surface area (Å²) in [5, 5.41) is 9.08. The number of aliphatic hydroxyl groups excluding tert-OH is 1. The Balaban J connectivity index is 1.90. The summed E-state index contributed by atoms with van der Waals surface area (Å²) in [4.78, 5) is 6.82. The molecule has 21 heavy (non-hydrogen) atoms. The zero-order valence-corrected chi connectivity index (χ0v) is 10.9. The van der Waals surface area contributed by atoms with Crippen molar-refractivity contribution < 1.29 is 27.8 Å². The molecule has 1 aliphatic heterocycles. The Kier molecular flexibility index (Phi) is 3.40. The number of imidazole rings is 1. The van der Waals surface area contributed by atoms with Gasteiger partial charge >= 0.3 is 6.18 Å². The first kappa shape index (κ1) is 14.0. The summed E-state index contributed by atoms with van der Waals surface area (Å²) >= 11 is 0. The number of aromatic nitrogens is 2. The van der Waals surface area contributed by atoms with E-state index in [-0.39, 0.29) is 5.82 Å². The average Bonchev–Trinajstić information content (AvgIpc) is 2.63. The topological polar surface area (TPSA) is 67.4 Å². The van der Waals surface area contributed by atoms with Gasteiger partial charge in [-0.05, 0) is 0 Å². The third-order valence-corrected chi connectivity index (χ3v) is 3.16. The Bertz CT molecular complexity index is 611. The molecule has 0 saturated heterocycles. The molecule has 1 aromatic heterocycles. The number of aliphatic hydroxyl groups is 1. The number of nitrogens with one attached hydrogen (secondary N) is 1. The molecule has 3 rings (SSSR count). The maximum atomic E-state index is 12.3. The second-order valence-corrected chi connectivity index (χ2v) is 4.81. The first-order chi connectivity index (χ1) is 9.93. The van der Waals surface area contributed by atoms with Crippen molar-refractivity contribution in [1.82, 2.24) is 9.97 Å². The molecule has 1 atom stereocenters. The second-order valence-electron chi connectivity index (χ2n) is 4.81. The maximum absolute atomic E-state index is 12.3. The molecule has 0 aliphatic carbocycles. The monoisotopic (exact) mass is 302 g/mol. The van der Waals surface area contributed by atoms with Gasteiger partial charge in [0, 0.05) is 25.0 Å². The molecular formula is C13H13F3N2O3. The number of aromatic amines is 1. The zero-order valence-electron chi connectivity index (χ0n) is 10.9. The summed E-state index contributed by atoms with van der Waals surface area (Å²) in [5.74, 6) is 1.12. The van der Waals surface area contributed by atoms with E-state index in [1.54, 1.807) is 12.1 Å². The van der Waals surface area contributed by atoms with Crippen LogP contribution in [0.3, 0.4) is 0 Å². The van der Waals surface area contributed by atoms with Crippen molar-refractivity contribution in [3.05, 3.63) is 18.0 Å². The van der Waals surface area contributed by atoms with Gasteiger partial charge in [-0.1, -0.05) is 0 Å². The molecule has 1 aliphatic rings. The fourth-order valence-electron chi connectivity index (χ4n) is 2.11. The van der Waals surface area contributed by atoms with Gasteiger partial charge in [-0.25, -0.2) is 4.98 Å². The lowest BCUT2D eigenvalue weighted by Crippen LogP contribution is -2.30. The SMILES string of the molecule is OC(Cc1nc2cc3c(cc2[nH]1)OCCCO3)C(F)(F)F. The molecule has 0 amide bonds. The lowest BCUT2D eigenvalue weighted by atomic mass is 10.2. The van der Waals surface area contributed by atoms with Gasteiger partial charge < -0.3 is 19.6 Å². The number of fused-ring (bicyclic) bond motifs is 2. The molecule has 2 aromatic rings. The molecule has 0 fully saturated rings. The maximum Gasteiger partial charge on any atom is 0.414 e. The number of rotatable bonds is 2. The van der Waals surface area contributed by atoms with Gasteiger partial charge in [-0.3, -0.25) is 0 Å². The number of nitrogens with zero attached hydrogens (tertiary/aromatic N) is 1. The van der Waals surface area contributed by atoms with Crippen molar-refractivity contribution in [2.24, 2.45) is 0 Å². The first-order valence-corrected chi connectivity index (χ1v) is 6.46. The van der Waals surface area contributed by atoms with Crippen LogP contribution in [-0.2, 0) is 6.42 Å². The van der Waals surface area contributed by atoms with E-state index in [0.717, 1.165) is 6.42 Å². The van der Waals surface area contributed by atoms with E-state index in [0.29, 0.717) is 35.7 Å². The Morgan fingerprint density at radius 1 is 1.24 bits per heavy atom. The van der Waals surface area contributed by atoms with Crippen LogP contribution in [0.2, 0.25) is 0 Å². The van der Waals surface area contributed by atoms with Crippen molar-refractivity contribution in [1.29, 1.82) is 0 Å². The van der Waals surface area contributed by atoms with Gasteiger partial charge in [0.25, 0.3) is 0 Å². The normalized spacial score (nSPS) is 16.8. The predicted octanol–water partition coefficient (Wildman–Crippen LogP) is 2.19. The van der Waals surface area contributed by atoms with E-state index in [4.69, 9.17) is 14.6 Å².